The lowest BCUT2D eigenvalue weighted by molar-refractivity contribution is -0.380. The molecule has 0 fully saturated rings. The van der Waals surface area contributed by atoms with Crippen molar-refractivity contribution in [2.45, 2.75) is 65.2 Å². The van der Waals surface area contributed by atoms with Gasteiger partial charge in [-0.15, -0.1) is 0 Å². The van der Waals surface area contributed by atoms with Crippen LogP contribution < -0.4 is 5.32 Å². The molecule has 1 N–H and O–H groups in total. The molecular weight excluding hydrogens is 348 g/mol. The predicted molar refractivity (Wildman–Crippen MR) is 93.7 cm³/mol. The zero-order valence-corrected chi connectivity index (χ0v) is 16.1. The van der Waals surface area contributed by atoms with E-state index in [2.05, 4.69) is 5.32 Å². The molecule has 1 aromatic heterocycles. The molecule has 0 saturated carbocycles. The Morgan fingerprint density at radius 2 is 1.72 bits per heavy atom. The summed E-state index contributed by atoms with van der Waals surface area (Å²) in [6.07, 6.45) is -0.679. The summed E-state index contributed by atoms with van der Waals surface area (Å²) in [6.45, 7) is 10.3. The monoisotopic (exact) mass is 372 g/mol. The first-order valence-electron chi connectivity index (χ1n) is 7.72. The number of hydrogen-bond acceptors (Lipinski definition) is 7. The van der Waals surface area contributed by atoms with E-state index in [-0.39, 0.29) is 11.4 Å². The average molecular weight is 372 g/mol. The van der Waals surface area contributed by atoms with Crippen molar-refractivity contribution in [1.29, 1.82) is 0 Å². The molecule has 8 nitrogen and oxygen atoms in total. The summed E-state index contributed by atoms with van der Waals surface area (Å²) in [7, 11) is 0. The summed E-state index contributed by atoms with van der Waals surface area (Å²) in [5.41, 5.74) is -1.45. The van der Waals surface area contributed by atoms with Crippen LogP contribution in [0.15, 0.2) is 12.1 Å². The van der Waals surface area contributed by atoms with Gasteiger partial charge >= 0.3 is 17.1 Å². The Kier molecular flexibility index (Phi) is 6.53. The molecule has 1 heterocycles. The van der Waals surface area contributed by atoms with Gasteiger partial charge < -0.3 is 14.8 Å². The zero-order valence-electron chi connectivity index (χ0n) is 15.2. The van der Waals surface area contributed by atoms with Gasteiger partial charge in [0.15, 0.2) is 0 Å². The van der Waals surface area contributed by atoms with Crippen molar-refractivity contribution < 1.29 is 24.0 Å². The summed E-state index contributed by atoms with van der Waals surface area (Å²) < 4.78 is 10.5. The molecule has 1 amide bonds. The third-order valence-electron chi connectivity index (χ3n) is 2.61. The molecule has 1 rings (SSSR count). The van der Waals surface area contributed by atoms with Crippen molar-refractivity contribution in [3.8, 4) is 0 Å². The number of thiophene rings is 1. The number of esters is 1. The summed E-state index contributed by atoms with van der Waals surface area (Å²) in [5.74, 6) is -0.630. The second-order valence-corrected chi connectivity index (χ2v) is 8.58. The van der Waals surface area contributed by atoms with Crippen molar-refractivity contribution in [3.05, 3.63) is 27.1 Å². The highest BCUT2D eigenvalue weighted by Gasteiger charge is 2.29. The van der Waals surface area contributed by atoms with Crippen LogP contribution in [-0.4, -0.2) is 34.2 Å². The van der Waals surface area contributed by atoms with Crippen LogP contribution in [0, 0.1) is 10.1 Å². The summed E-state index contributed by atoms with van der Waals surface area (Å²) in [5, 5.41) is 13.2. The fourth-order valence-corrected chi connectivity index (χ4v) is 2.66. The van der Waals surface area contributed by atoms with Crippen molar-refractivity contribution in [3.63, 3.8) is 0 Å². The molecule has 0 aliphatic rings. The van der Waals surface area contributed by atoms with Gasteiger partial charge in [0.05, 0.1) is 4.92 Å². The predicted octanol–water partition coefficient (Wildman–Crippen LogP) is 3.43. The Hall–Kier alpha value is -2.16. The van der Waals surface area contributed by atoms with Gasteiger partial charge in [-0.2, -0.15) is 0 Å². The molecule has 25 heavy (non-hydrogen) atoms. The van der Waals surface area contributed by atoms with E-state index in [1.165, 1.54) is 6.07 Å². The molecule has 0 aromatic carbocycles. The molecule has 0 radical (unpaired) electrons. The van der Waals surface area contributed by atoms with Crippen molar-refractivity contribution >= 4 is 28.4 Å². The quantitative estimate of drug-likeness (QED) is 0.482. The SMILES string of the molecule is CC(C)(C)OC(=O)NC(Cc1ccc([N+](=O)[O-])s1)C(=O)OC(C)(C)C. The minimum Gasteiger partial charge on any atom is -0.458 e. The van der Waals surface area contributed by atoms with Gasteiger partial charge in [-0.3, -0.25) is 10.1 Å². The Balaban J connectivity index is 2.91. The second-order valence-electron chi connectivity index (χ2n) is 7.43. The van der Waals surface area contributed by atoms with Gasteiger partial charge in [0, 0.05) is 17.4 Å². The Labute approximate surface area is 150 Å². The van der Waals surface area contributed by atoms with Crippen molar-refractivity contribution in [2.24, 2.45) is 0 Å². The Morgan fingerprint density at radius 1 is 1.16 bits per heavy atom. The molecule has 0 bridgehead atoms. The molecule has 1 aromatic rings. The molecule has 140 valence electrons. The maximum atomic E-state index is 12.4. The van der Waals surface area contributed by atoms with E-state index in [1.54, 1.807) is 47.6 Å². The van der Waals surface area contributed by atoms with Crippen LogP contribution in [0.3, 0.4) is 0 Å². The number of amides is 1. The molecule has 1 unspecified atom stereocenters. The van der Waals surface area contributed by atoms with Gasteiger partial charge in [-0.1, -0.05) is 11.3 Å². The molecule has 0 spiro atoms. The van der Waals surface area contributed by atoms with E-state index in [0.29, 0.717) is 4.88 Å². The fourth-order valence-electron chi connectivity index (χ4n) is 1.79. The smallest absolute Gasteiger partial charge is 0.408 e. The topological polar surface area (TPSA) is 108 Å². The lowest BCUT2D eigenvalue weighted by Gasteiger charge is -2.26. The van der Waals surface area contributed by atoms with E-state index < -0.39 is 34.2 Å². The molecule has 0 saturated heterocycles. The number of nitrogens with zero attached hydrogens (tertiary/aromatic N) is 1. The van der Waals surface area contributed by atoms with Gasteiger partial charge in [0.2, 0.25) is 0 Å². The number of alkyl carbamates (subject to hydrolysis) is 1. The van der Waals surface area contributed by atoms with E-state index in [0.717, 1.165) is 11.3 Å². The molecule has 9 heteroatoms. The van der Waals surface area contributed by atoms with Gasteiger partial charge in [-0.25, -0.2) is 9.59 Å². The van der Waals surface area contributed by atoms with Crippen molar-refractivity contribution in [1.82, 2.24) is 5.32 Å². The summed E-state index contributed by atoms with van der Waals surface area (Å²) in [6, 6.07) is 1.91. The number of rotatable bonds is 5. The van der Waals surface area contributed by atoms with Crippen LogP contribution in [0.1, 0.15) is 46.4 Å². The van der Waals surface area contributed by atoms with Crippen LogP contribution in [0.4, 0.5) is 9.80 Å². The number of nitrogens with one attached hydrogen (secondary N) is 1. The number of ether oxygens (including phenoxy) is 2. The van der Waals surface area contributed by atoms with Crippen LogP contribution in [0.5, 0.6) is 0 Å². The normalized spacial score (nSPS) is 13.0. The van der Waals surface area contributed by atoms with Crippen molar-refractivity contribution in [2.75, 3.05) is 0 Å². The third kappa shape index (κ3) is 7.97. The maximum absolute atomic E-state index is 12.4. The number of nitro groups is 1. The van der Waals surface area contributed by atoms with Crippen LogP contribution >= 0.6 is 11.3 Å². The number of carbonyl (C=O) groups is 2. The van der Waals surface area contributed by atoms with E-state index in [1.807, 2.05) is 0 Å². The van der Waals surface area contributed by atoms with Gasteiger partial charge in [-0.05, 0) is 47.6 Å². The first kappa shape index (κ1) is 20.9. The number of hydrogen-bond donors (Lipinski definition) is 1. The van der Waals surface area contributed by atoms with Crippen LogP contribution in [0.2, 0.25) is 0 Å². The largest absolute Gasteiger partial charge is 0.458 e. The highest BCUT2D eigenvalue weighted by atomic mass is 32.1. The first-order valence-corrected chi connectivity index (χ1v) is 8.54. The minimum absolute atomic E-state index is 0.0322. The second kappa shape index (κ2) is 7.81. The minimum atomic E-state index is -1.01. The summed E-state index contributed by atoms with van der Waals surface area (Å²) in [4.78, 5) is 35.3. The lowest BCUT2D eigenvalue weighted by atomic mass is 10.1. The molecular formula is C16H24N2O6S. The lowest BCUT2D eigenvalue weighted by Crippen LogP contribution is -2.47. The highest BCUT2D eigenvalue weighted by Crippen LogP contribution is 2.25. The van der Waals surface area contributed by atoms with Gasteiger partial charge in [0.1, 0.15) is 17.2 Å². The average Bonchev–Trinajstić information content (AvgIpc) is 2.82. The molecule has 1 atom stereocenters. The number of carbonyl (C=O) groups excluding carboxylic acids is 2. The molecule has 0 aliphatic carbocycles. The standard InChI is InChI=1S/C16H24N2O6S/c1-15(2,3)23-13(19)11(17-14(20)24-16(4,5)6)9-10-7-8-12(25-10)18(21)22/h7-8,11H,9H2,1-6H3,(H,17,20). The van der Waals surface area contributed by atoms with Gasteiger partial charge in [0.25, 0.3) is 0 Å². The summed E-state index contributed by atoms with van der Waals surface area (Å²) >= 11 is 0.946. The van der Waals surface area contributed by atoms with E-state index >= 15 is 0 Å². The highest BCUT2D eigenvalue weighted by molar-refractivity contribution is 7.15. The van der Waals surface area contributed by atoms with Crippen LogP contribution in [0.25, 0.3) is 0 Å². The zero-order chi connectivity index (χ0) is 19.4. The van der Waals surface area contributed by atoms with E-state index in [9.17, 15) is 19.7 Å². The Morgan fingerprint density at radius 3 is 2.16 bits per heavy atom. The Bertz CT molecular complexity index is 642. The third-order valence-corrected chi connectivity index (χ3v) is 3.67. The fraction of sp³-hybridized carbons (Fsp3) is 0.625. The molecule has 0 aliphatic heterocycles. The first-order chi connectivity index (χ1) is 11.3. The van der Waals surface area contributed by atoms with Crippen LogP contribution in [-0.2, 0) is 20.7 Å². The maximum Gasteiger partial charge on any atom is 0.408 e. The van der Waals surface area contributed by atoms with E-state index in [4.69, 9.17) is 9.47 Å².